The fraction of sp³-hybridized carbons (Fsp3) is 0.333. The summed E-state index contributed by atoms with van der Waals surface area (Å²) in [5.41, 5.74) is 6.49. The molecule has 1 N–H and O–H groups in total. The van der Waals surface area contributed by atoms with Crippen molar-refractivity contribution in [3.8, 4) is 5.75 Å². The average molecular weight is 338 g/mol. The summed E-state index contributed by atoms with van der Waals surface area (Å²) in [5, 5.41) is 4.19. The van der Waals surface area contributed by atoms with E-state index >= 15 is 0 Å². The molecule has 0 saturated carbocycles. The van der Waals surface area contributed by atoms with E-state index in [-0.39, 0.29) is 5.91 Å². The number of carbonyl (C=O) groups is 1. The summed E-state index contributed by atoms with van der Waals surface area (Å²) in [7, 11) is 0. The Morgan fingerprint density at radius 2 is 1.76 bits per heavy atom. The van der Waals surface area contributed by atoms with Gasteiger partial charge in [0.25, 0.3) is 0 Å². The van der Waals surface area contributed by atoms with Crippen molar-refractivity contribution in [2.45, 2.75) is 40.0 Å². The lowest BCUT2D eigenvalue weighted by Gasteiger charge is -2.07. The van der Waals surface area contributed by atoms with E-state index in [1.54, 1.807) is 0 Å². The van der Waals surface area contributed by atoms with Gasteiger partial charge >= 0.3 is 0 Å². The zero-order valence-corrected chi connectivity index (χ0v) is 15.2. The number of hydrazone groups is 1. The summed E-state index contributed by atoms with van der Waals surface area (Å²) in [4.78, 5) is 12.0. The van der Waals surface area contributed by atoms with Crippen molar-refractivity contribution in [2.75, 3.05) is 6.61 Å². The zero-order chi connectivity index (χ0) is 18.1. The van der Waals surface area contributed by atoms with Crippen LogP contribution in [0.15, 0.2) is 53.6 Å². The smallest absolute Gasteiger partial charge is 0.244 e. The number of nitrogens with zero attached hydrogens (tertiary/aromatic N) is 1. The van der Waals surface area contributed by atoms with Gasteiger partial charge in [0.1, 0.15) is 5.75 Å². The number of aryl methyl sites for hydroxylation is 1. The van der Waals surface area contributed by atoms with Crippen molar-refractivity contribution in [3.05, 3.63) is 65.2 Å². The first-order valence-corrected chi connectivity index (χ1v) is 8.70. The van der Waals surface area contributed by atoms with Crippen LogP contribution in [0.1, 0.15) is 43.4 Å². The third-order valence-electron chi connectivity index (χ3n) is 3.87. The Balaban J connectivity index is 1.87. The van der Waals surface area contributed by atoms with E-state index in [1.165, 1.54) is 5.56 Å². The molecule has 25 heavy (non-hydrogen) atoms. The summed E-state index contributed by atoms with van der Waals surface area (Å²) >= 11 is 0. The van der Waals surface area contributed by atoms with E-state index in [2.05, 4.69) is 17.5 Å². The Labute approximate surface area is 149 Å². The number of hydrogen-bond acceptors (Lipinski definition) is 3. The lowest BCUT2D eigenvalue weighted by molar-refractivity contribution is -0.120. The monoisotopic (exact) mass is 338 g/mol. The molecule has 0 saturated heterocycles. The van der Waals surface area contributed by atoms with Crippen molar-refractivity contribution in [2.24, 2.45) is 5.10 Å². The van der Waals surface area contributed by atoms with E-state index in [1.807, 2.05) is 62.4 Å². The fourth-order valence-electron chi connectivity index (χ4n) is 2.27. The van der Waals surface area contributed by atoms with Gasteiger partial charge in [-0.3, -0.25) is 4.79 Å². The highest BCUT2D eigenvalue weighted by molar-refractivity contribution is 5.99. The van der Waals surface area contributed by atoms with Gasteiger partial charge in [0.2, 0.25) is 5.91 Å². The van der Waals surface area contributed by atoms with Crippen molar-refractivity contribution in [1.29, 1.82) is 0 Å². The normalized spacial score (nSPS) is 11.2. The Bertz CT molecular complexity index is 704. The minimum atomic E-state index is -0.122. The number of amides is 1. The topological polar surface area (TPSA) is 50.7 Å². The summed E-state index contributed by atoms with van der Waals surface area (Å²) in [6.45, 7) is 6.77. The third-order valence-corrected chi connectivity index (χ3v) is 3.87. The maximum Gasteiger partial charge on any atom is 0.244 e. The van der Waals surface area contributed by atoms with Crippen molar-refractivity contribution in [1.82, 2.24) is 5.43 Å². The second kappa shape index (κ2) is 9.62. The summed E-state index contributed by atoms with van der Waals surface area (Å²) in [6.07, 6.45) is 2.49. The van der Waals surface area contributed by atoms with Gasteiger partial charge in [-0.1, -0.05) is 43.2 Å². The maximum absolute atomic E-state index is 12.0. The van der Waals surface area contributed by atoms with Crippen LogP contribution in [0, 0.1) is 6.92 Å². The number of unbranched alkanes of at least 4 members (excludes halogenated alkanes) is 1. The van der Waals surface area contributed by atoms with Crippen LogP contribution in [0.5, 0.6) is 5.75 Å². The van der Waals surface area contributed by atoms with E-state index in [9.17, 15) is 4.79 Å². The van der Waals surface area contributed by atoms with Gasteiger partial charge in [-0.05, 0) is 55.7 Å². The van der Waals surface area contributed by atoms with Crippen molar-refractivity contribution < 1.29 is 9.53 Å². The first kappa shape index (κ1) is 18.7. The predicted molar refractivity (Wildman–Crippen MR) is 102 cm³/mol. The third kappa shape index (κ3) is 6.42. The molecule has 0 aromatic heterocycles. The van der Waals surface area contributed by atoms with Gasteiger partial charge in [0.05, 0.1) is 18.7 Å². The second-order valence-electron chi connectivity index (χ2n) is 6.12. The minimum Gasteiger partial charge on any atom is -0.494 e. The molecule has 4 nitrogen and oxygen atoms in total. The van der Waals surface area contributed by atoms with E-state index in [4.69, 9.17) is 4.74 Å². The van der Waals surface area contributed by atoms with Crippen LogP contribution in [0.3, 0.4) is 0 Å². The molecule has 0 aliphatic rings. The van der Waals surface area contributed by atoms with Crippen molar-refractivity contribution >= 4 is 11.6 Å². The number of ether oxygens (including phenoxy) is 1. The molecular weight excluding hydrogens is 312 g/mol. The summed E-state index contributed by atoms with van der Waals surface area (Å²) in [5.74, 6) is 0.733. The van der Waals surface area contributed by atoms with Crippen LogP contribution in [-0.2, 0) is 11.2 Å². The molecule has 1 amide bonds. The molecule has 0 atom stereocenters. The lowest BCUT2D eigenvalue weighted by atomic mass is 10.1. The molecule has 0 aliphatic heterocycles. The first-order chi connectivity index (χ1) is 12.1. The molecule has 0 fully saturated rings. The van der Waals surface area contributed by atoms with Crippen LogP contribution < -0.4 is 10.2 Å². The SMILES string of the molecule is CCCCOc1ccc(/C(C)=N/NC(=O)Cc2ccc(C)cc2)cc1. The number of nitrogens with one attached hydrogen (secondary N) is 1. The Morgan fingerprint density at radius 3 is 2.40 bits per heavy atom. The first-order valence-electron chi connectivity index (χ1n) is 8.70. The molecule has 0 heterocycles. The Hall–Kier alpha value is -2.62. The van der Waals surface area contributed by atoms with Crippen LogP contribution >= 0.6 is 0 Å². The van der Waals surface area contributed by atoms with E-state index in [0.717, 1.165) is 42.0 Å². The fourth-order valence-corrected chi connectivity index (χ4v) is 2.27. The summed E-state index contributed by atoms with van der Waals surface area (Å²) in [6, 6.07) is 15.7. The van der Waals surface area contributed by atoms with Crippen LogP contribution in [0.25, 0.3) is 0 Å². The molecule has 0 spiro atoms. The lowest BCUT2D eigenvalue weighted by Crippen LogP contribution is -2.21. The average Bonchev–Trinajstić information content (AvgIpc) is 2.62. The number of benzene rings is 2. The summed E-state index contributed by atoms with van der Waals surface area (Å²) < 4.78 is 5.64. The standard InChI is InChI=1S/C21H26N2O2/c1-4-5-14-25-20-12-10-19(11-13-20)17(3)22-23-21(24)15-18-8-6-16(2)7-9-18/h6-13H,4-5,14-15H2,1-3H3,(H,23,24)/b22-17+. The molecule has 132 valence electrons. The highest BCUT2D eigenvalue weighted by atomic mass is 16.5. The molecule has 4 heteroatoms. The van der Waals surface area contributed by atoms with Crippen LogP contribution in [0.2, 0.25) is 0 Å². The molecular formula is C21H26N2O2. The predicted octanol–water partition coefficient (Wildman–Crippen LogP) is 4.26. The molecule has 0 radical (unpaired) electrons. The molecule has 2 rings (SSSR count). The Morgan fingerprint density at radius 1 is 1.08 bits per heavy atom. The minimum absolute atomic E-state index is 0.122. The molecule has 0 aliphatic carbocycles. The highest BCUT2D eigenvalue weighted by Crippen LogP contribution is 2.13. The number of hydrogen-bond donors (Lipinski definition) is 1. The second-order valence-corrected chi connectivity index (χ2v) is 6.12. The van der Waals surface area contributed by atoms with Crippen LogP contribution in [0.4, 0.5) is 0 Å². The molecule has 2 aromatic carbocycles. The largest absolute Gasteiger partial charge is 0.494 e. The quantitative estimate of drug-likeness (QED) is 0.444. The highest BCUT2D eigenvalue weighted by Gasteiger charge is 2.04. The van der Waals surface area contributed by atoms with Crippen LogP contribution in [-0.4, -0.2) is 18.2 Å². The zero-order valence-electron chi connectivity index (χ0n) is 15.2. The molecule has 2 aromatic rings. The van der Waals surface area contributed by atoms with E-state index in [0.29, 0.717) is 6.42 Å². The van der Waals surface area contributed by atoms with E-state index < -0.39 is 0 Å². The number of carbonyl (C=O) groups excluding carboxylic acids is 1. The molecule has 0 bridgehead atoms. The Kier molecular flexibility index (Phi) is 7.20. The van der Waals surface area contributed by atoms with Gasteiger partial charge in [-0.15, -0.1) is 0 Å². The van der Waals surface area contributed by atoms with Crippen molar-refractivity contribution in [3.63, 3.8) is 0 Å². The number of rotatable bonds is 8. The maximum atomic E-state index is 12.0. The molecule has 0 unspecified atom stereocenters. The van der Waals surface area contributed by atoms with Gasteiger partial charge in [-0.25, -0.2) is 5.43 Å². The van der Waals surface area contributed by atoms with Gasteiger partial charge < -0.3 is 4.74 Å². The van der Waals surface area contributed by atoms with Gasteiger partial charge in [0.15, 0.2) is 0 Å². The van der Waals surface area contributed by atoms with Gasteiger partial charge in [-0.2, -0.15) is 5.10 Å². The van der Waals surface area contributed by atoms with Gasteiger partial charge in [0, 0.05) is 0 Å².